The van der Waals surface area contributed by atoms with Crippen molar-refractivity contribution in [3.05, 3.63) is 11.6 Å². The lowest BCUT2D eigenvalue weighted by Crippen LogP contribution is -1.75. The first kappa shape index (κ1) is 8.41. The van der Waals surface area contributed by atoms with Crippen molar-refractivity contribution in [2.24, 2.45) is 0 Å². The second-order valence-corrected chi connectivity index (χ2v) is 2.13. The highest BCUT2D eigenvalue weighted by molar-refractivity contribution is 5.72. The second-order valence-electron chi connectivity index (χ2n) is 2.13. The largest absolute Gasteiger partial charge is 0.285 e. The van der Waals surface area contributed by atoms with Gasteiger partial charge in [0.1, 0.15) is 0 Å². The van der Waals surface area contributed by atoms with E-state index in [1.807, 2.05) is 12.4 Å². The summed E-state index contributed by atoms with van der Waals surface area (Å²) in [5, 5.41) is 0. The van der Waals surface area contributed by atoms with Crippen LogP contribution < -0.4 is 0 Å². The third-order valence-electron chi connectivity index (χ3n) is 1.17. The highest BCUT2D eigenvalue weighted by Gasteiger charge is 1.83. The van der Waals surface area contributed by atoms with Crippen LogP contribution in [0.1, 0.15) is 33.1 Å². The van der Waals surface area contributed by atoms with Crippen LogP contribution in [0.2, 0.25) is 0 Å². The third kappa shape index (κ3) is 5.28. The van der Waals surface area contributed by atoms with E-state index < -0.39 is 0 Å². The molecule has 0 saturated heterocycles. The van der Waals surface area contributed by atoms with Crippen molar-refractivity contribution in [2.75, 3.05) is 0 Å². The van der Waals surface area contributed by atoms with E-state index in [0.29, 0.717) is 0 Å². The van der Waals surface area contributed by atoms with E-state index in [-0.39, 0.29) is 0 Å². The highest BCUT2D eigenvalue weighted by atomic mass is 16.1. The molecule has 0 bridgehead atoms. The Morgan fingerprint density at radius 1 is 1.67 bits per heavy atom. The first-order chi connectivity index (χ1) is 4.31. The summed E-state index contributed by atoms with van der Waals surface area (Å²) in [4.78, 5) is 9.91. The van der Waals surface area contributed by atoms with E-state index in [1.165, 1.54) is 12.8 Å². The van der Waals surface area contributed by atoms with Crippen LogP contribution in [0.5, 0.6) is 0 Å². The lowest BCUT2D eigenvalue weighted by molar-refractivity contribution is 0.561. The van der Waals surface area contributed by atoms with Gasteiger partial charge >= 0.3 is 0 Å². The molecule has 0 spiro atoms. The summed E-state index contributed by atoms with van der Waals surface area (Å²) in [6.45, 7) is 3.91. The molecule has 0 fully saturated rings. The molecule has 0 aromatic heterocycles. The van der Waals surface area contributed by atoms with Gasteiger partial charge in [0.15, 0.2) is 0 Å². The summed E-state index contributed by atoms with van der Waals surface area (Å²) in [5.74, 6) is 0. The molecule has 51 valence electrons. The molecule has 1 radical (unpaired) electrons. The molecule has 1 nitrogen and oxygen atoms in total. The van der Waals surface area contributed by atoms with Crippen molar-refractivity contribution in [2.45, 2.75) is 33.1 Å². The Balaban J connectivity index is 3.31. The molecule has 0 aromatic rings. The fraction of sp³-hybridized carbons (Fsp3) is 0.625. The summed E-state index contributed by atoms with van der Waals surface area (Å²) in [6, 6.07) is 0. The zero-order valence-corrected chi connectivity index (χ0v) is 6.11. The van der Waals surface area contributed by atoms with Crippen LogP contribution in [0.4, 0.5) is 0 Å². The molecule has 0 rings (SSSR count). The average Bonchev–Trinajstić information content (AvgIpc) is 1.89. The third-order valence-corrected chi connectivity index (χ3v) is 1.17. The van der Waals surface area contributed by atoms with Crippen molar-refractivity contribution >= 4 is 6.29 Å². The van der Waals surface area contributed by atoms with Crippen molar-refractivity contribution in [1.29, 1.82) is 0 Å². The van der Waals surface area contributed by atoms with Gasteiger partial charge in [-0.1, -0.05) is 25.8 Å². The summed E-state index contributed by atoms with van der Waals surface area (Å²) in [6.07, 6.45) is 7.12. The Morgan fingerprint density at radius 2 is 2.33 bits per heavy atom. The van der Waals surface area contributed by atoms with Crippen LogP contribution in [0, 0.1) is 0 Å². The topological polar surface area (TPSA) is 17.1 Å². The van der Waals surface area contributed by atoms with Crippen LogP contribution in [0.25, 0.3) is 0 Å². The summed E-state index contributed by atoms with van der Waals surface area (Å²) in [7, 11) is 0. The quantitative estimate of drug-likeness (QED) is 0.416. The van der Waals surface area contributed by atoms with Gasteiger partial charge in [-0.3, -0.25) is 4.79 Å². The lowest BCUT2D eigenvalue weighted by atomic mass is 10.2. The number of allylic oxidation sites excluding steroid dienone is 2. The molecule has 0 amide bonds. The molecular formula is C8H13O. The maximum Gasteiger partial charge on any atom is 0.228 e. The van der Waals surface area contributed by atoms with E-state index in [4.69, 9.17) is 0 Å². The van der Waals surface area contributed by atoms with Crippen LogP contribution >= 0.6 is 0 Å². The van der Waals surface area contributed by atoms with Crippen molar-refractivity contribution in [3.63, 3.8) is 0 Å². The van der Waals surface area contributed by atoms with E-state index in [1.54, 1.807) is 6.92 Å². The predicted octanol–water partition coefficient (Wildman–Crippen LogP) is 2.23. The lowest BCUT2D eigenvalue weighted by Gasteiger charge is -1.87. The van der Waals surface area contributed by atoms with Gasteiger partial charge in [0.05, 0.1) is 0 Å². The maximum atomic E-state index is 9.91. The zero-order valence-electron chi connectivity index (χ0n) is 6.11. The Labute approximate surface area is 56.8 Å². The molecular weight excluding hydrogens is 112 g/mol. The van der Waals surface area contributed by atoms with E-state index in [0.717, 1.165) is 12.0 Å². The normalized spacial score (nSPS) is 11.6. The predicted molar refractivity (Wildman–Crippen MR) is 39.0 cm³/mol. The van der Waals surface area contributed by atoms with Gasteiger partial charge in [-0.2, -0.15) is 0 Å². The van der Waals surface area contributed by atoms with Gasteiger partial charge in [-0.25, -0.2) is 0 Å². The monoisotopic (exact) mass is 125 g/mol. The summed E-state index contributed by atoms with van der Waals surface area (Å²) >= 11 is 0. The molecule has 0 saturated carbocycles. The Kier molecular flexibility index (Phi) is 5.18. The molecule has 0 aliphatic heterocycles. The van der Waals surface area contributed by atoms with Gasteiger partial charge in [-0.05, 0) is 18.9 Å². The van der Waals surface area contributed by atoms with Gasteiger partial charge in [0.2, 0.25) is 6.29 Å². The van der Waals surface area contributed by atoms with E-state index in [9.17, 15) is 4.79 Å². The first-order valence-corrected chi connectivity index (χ1v) is 3.36. The Hall–Kier alpha value is -0.590. The van der Waals surface area contributed by atoms with Crippen molar-refractivity contribution < 1.29 is 4.79 Å². The van der Waals surface area contributed by atoms with Crippen LogP contribution in [-0.4, -0.2) is 6.29 Å². The molecule has 1 heteroatoms. The summed E-state index contributed by atoms with van der Waals surface area (Å²) in [5.41, 5.74) is 0.725. The smallest absolute Gasteiger partial charge is 0.228 e. The van der Waals surface area contributed by atoms with E-state index >= 15 is 0 Å². The Morgan fingerprint density at radius 3 is 2.78 bits per heavy atom. The number of carbonyl (C=O) groups excluding carboxylic acids is 1. The van der Waals surface area contributed by atoms with Gasteiger partial charge in [-0.15, -0.1) is 0 Å². The highest BCUT2D eigenvalue weighted by Crippen LogP contribution is 1.97. The van der Waals surface area contributed by atoms with Crippen LogP contribution in [-0.2, 0) is 4.79 Å². The number of hydrogen-bond donors (Lipinski definition) is 0. The second kappa shape index (κ2) is 5.54. The Bertz CT molecular complexity index is 103. The number of unbranched alkanes of at least 4 members (excludes halogenated alkanes) is 2. The fourth-order valence-electron chi connectivity index (χ4n) is 0.564. The van der Waals surface area contributed by atoms with E-state index in [2.05, 4.69) is 6.92 Å². The molecule has 0 aromatic carbocycles. The molecule has 0 aliphatic rings. The molecule has 9 heavy (non-hydrogen) atoms. The minimum absolute atomic E-state index is 0.725. The van der Waals surface area contributed by atoms with Crippen LogP contribution in [0.3, 0.4) is 0 Å². The molecule has 0 unspecified atom stereocenters. The molecule has 0 aliphatic carbocycles. The molecule has 0 heterocycles. The van der Waals surface area contributed by atoms with Gasteiger partial charge in [0, 0.05) is 0 Å². The minimum Gasteiger partial charge on any atom is -0.285 e. The van der Waals surface area contributed by atoms with Crippen molar-refractivity contribution in [1.82, 2.24) is 0 Å². The first-order valence-electron chi connectivity index (χ1n) is 3.36. The average molecular weight is 125 g/mol. The summed E-state index contributed by atoms with van der Waals surface area (Å²) < 4.78 is 0. The zero-order chi connectivity index (χ0) is 7.11. The number of hydrogen-bond acceptors (Lipinski definition) is 1. The fourth-order valence-corrected chi connectivity index (χ4v) is 0.564. The molecule has 0 atom stereocenters. The number of rotatable bonds is 4. The molecule has 0 N–H and O–H groups in total. The standard InChI is InChI=1S/C8H13O/c1-3-4-5-6-8(2)7-9/h6H,3-5H2,1-2H3/b8-6+. The maximum absolute atomic E-state index is 9.91. The van der Waals surface area contributed by atoms with Gasteiger partial charge < -0.3 is 0 Å². The van der Waals surface area contributed by atoms with Gasteiger partial charge in [0.25, 0.3) is 0 Å². The minimum atomic E-state index is 0.725. The SMILES string of the molecule is CCCC/C=C(\C)[C]=O. The van der Waals surface area contributed by atoms with Crippen LogP contribution in [0.15, 0.2) is 11.6 Å². The van der Waals surface area contributed by atoms with Crippen molar-refractivity contribution in [3.8, 4) is 0 Å².